The van der Waals surface area contributed by atoms with E-state index in [9.17, 15) is 4.79 Å². The molecule has 0 saturated carbocycles. The third-order valence-electron chi connectivity index (χ3n) is 5.47. The van der Waals surface area contributed by atoms with Crippen molar-refractivity contribution in [1.82, 2.24) is 5.43 Å². The van der Waals surface area contributed by atoms with Crippen molar-refractivity contribution in [3.8, 4) is 17.2 Å². The van der Waals surface area contributed by atoms with Gasteiger partial charge >= 0.3 is 0 Å². The van der Waals surface area contributed by atoms with Crippen LogP contribution < -0.4 is 19.6 Å². The molecule has 3 aromatic carbocycles. The van der Waals surface area contributed by atoms with Gasteiger partial charge in [0, 0.05) is 6.42 Å². The number of hydrazone groups is 1. The Morgan fingerprint density at radius 2 is 1.82 bits per heavy atom. The predicted octanol–water partition coefficient (Wildman–Crippen LogP) is 5.37. The summed E-state index contributed by atoms with van der Waals surface area (Å²) in [5.41, 5.74) is 8.06. The zero-order valence-corrected chi connectivity index (χ0v) is 20.3. The average molecular weight is 461 g/mol. The van der Waals surface area contributed by atoms with E-state index < -0.39 is 0 Å². The maximum atomic E-state index is 12.1. The molecular formula is C28H32N2O4. The van der Waals surface area contributed by atoms with E-state index in [1.54, 1.807) is 20.4 Å². The molecule has 34 heavy (non-hydrogen) atoms. The van der Waals surface area contributed by atoms with E-state index in [1.165, 1.54) is 11.1 Å². The third kappa shape index (κ3) is 7.37. The van der Waals surface area contributed by atoms with Crippen molar-refractivity contribution >= 4 is 12.1 Å². The number of rotatable bonds is 11. The van der Waals surface area contributed by atoms with Crippen LogP contribution >= 0.6 is 0 Å². The standard InChI is InChI=1S/C28H32N2O4/c1-20-7-5-8-23(15-20)19-34-26-14-11-22(17-27(26)33-4)18-29-30-28(31)10-6-9-24-12-13-25(32-3)16-21(24)2/h5,7-8,11-18H,6,9-10,19H2,1-4H3,(H,30,31)/b29-18-. The minimum atomic E-state index is -0.118. The molecule has 0 unspecified atom stereocenters. The highest BCUT2D eigenvalue weighted by molar-refractivity contribution is 5.83. The Balaban J connectivity index is 1.47. The van der Waals surface area contributed by atoms with Gasteiger partial charge in [-0.05, 0) is 79.3 Å². The second kappa shape index (κ2) is 12.4. The van der Waals surface area contributed by atoms with E-state index in [4.69, 9.17) is 14.2 Å². The Bertz CT molecular complexity index is 1140. The molecule has 3 aromatic rings. The van der Waals surface area contributed by atoms with Crippen molar-refractivity contribution < 1.29 is 19.0 Å². The average Bonchev–Trinajstić information content (AvgIpc) is 2.84. The highest BCUT2D eigenvalue weighted by Crippen LogP contribution is 2.28. The monoisotopic (exact) mass is 460 g/mol. The summed E-state index contributed by atoms with van der Waals surface area (Å²) < 4.78 is 16.6. The molecule has 0 spiro atoms. The Kier molecular flexibility index (Phi) is 9.09. The number of methoxy groups -OCH3 is 2. The van der Waals surface area contributed by atoms with Crippen LogP contribution in [0.5, 0.6) is 17.2 Å². The number of carbonyl (C=O) groups excluding carboxylic acids is 1. The molecule has 178 valence electrons. The van der Waals surface area contributed by atoms with Crippen LogP contribution in [0.25, 0.3) is 0 Å². The number of hydrogen-bond acceptors (Lipinski definition) is 5. The second-order valence-corrected chi connectivity index (χ2v) is 8.13. The van der Waals surface area contributed by atoms with Gasteiger partial charge in [0.25, 0.3) is 0 Å². The van der Waals surface area contributed by atoms with Gasteiger partial charge in [0.05, 0.1) is 20.4 Å². The van der Waals surface area contributed by atoms with Gasteiger partial charge in [0.15, 0.2) is 11.5 Å². The van der Waals surface area contributed by atoms with Gasteiger partial charge in [-0.3, -0.25) is 4.79 Å². The Morgan fingerprint density at radius 3 is 2.56 bits per heavy atom. The van der Waals surface area contributed by atoms with E-state index in [0.29, 0.717) is 24.5 Å². The number of ether oxygens (including phenoxy) is 3. The summed E-state index contributed by atoms with van der Waals surface area (Å²) in [4.78, 5) is 12.1. The summed E-state index contributed by atoms with van der Waals surface area (Å²) >= 11 is 0. The first-order valence-electron chi connectivity index (χ1n) is 11.3. The lowest BCUT2D eigenvalue weighted by Crippen LogP contribution is -2.17. The van der Waals surface area contributed by atoms with Crippen LogP contribution in [0.2, 0.25) is 0 Å². The zero-order valence-electron chi connectivity index (χ0n) is 20.3. The van der Waals surface area contributed by atoms with Crippen LogP contribution in [0.3, 0.4) is 0 Å². The molecular weight excluding hydrogens is 428 g/mol. The maximum absolute atomic E-state index is 12.1. The number of amides is 1. The Labute approximate surface area is 201 Å². The summed E-state index contributed by atoms with van der Waals surface area (Å²) in [5, 5.41) is 4.08. The van der Waals surface area contributed by atoms with Crippen molar-refractivity contribution in [2.24, 2.45) is 5.10 Å². The molecule has 1 N–H and O–H groups in total. The zero-order chi connectivity index (χ0) is 24.3. The maximum Gasteiger partial charge on any atom is 0.240 e. The first-order chi connectivity index (χ1) is 16.5. The first-order valence-corrected chi connectivity index (χ1v) is 11.3. The number of hydrogen-bond donors (Lipinski definition) is 1. The Hall–Kier alpha value is -3.80. The summed E-state index contributed by atoms with van der Waals surface area (Å²) in [6.07, 6.45) is 3.57. The van der Waals surface area contributed by atoms with Crippen LogP contribution in [-0.4, -0.2) is 26.3 Å². The minimum Gasteiger partial charge on any atom is -0.497 e. The Morgan fingerprint density at radius 1 is 0.971 bits per heavy atom. The van der Waals surface area contributed by atoms with Crippen molar-refractivity contribution in [3.05, 3.63) is 88.5 Å². The molecule has 6 heteroatoms. The van der Waals surface area contributed by atoms with Crippen LogP contribution in [0.1, 0.15) is 40.7 Å². The van der Waals surface area contributed by atoms with Gasteiger partial charge < -0.3 is 14.2 Å². The van der Waals surface area contributed by atoms with Gasteiger partial charge in [0.1, 0.15) is 12.4 Å². The predicted molar refractivity (Wildman–Crippen MR) is 135 cm³/mol. The van der Waals surface area contributed by atoms with E-state index in [-0.39, 0.29) is 5.91 Å². The molecule has 0 bridgehead atoms. The lowest BCUT2D eigenvalue weighted by atomic mass is 10.0. The minimum absolute atomic E-state index is 0.118. The molecule has 0 aromatic heterocycles. The molecule has 1 amide bonds. The molecule has 0 saturated heterocycles. The normalized spacial score (nSPS) is 10.8. The van der Waals surface area contributed by atoms with Crippen LogP contribution in [0.4, 0.5) is 0 Å². The van der Waals surface area contributed by atoms with Crippen molar-refractivity contribution in [1.29, 1.82) is 0 Å². The summed E-state index contributed by atoms with van der Waals surface area (Å²) in [7, 11) is 3.26. The van der Waals surface area contributed by atoms with Crippen LogP contribution in [-0.2, 0) is 17.8 Å². The highest BCUT2D eigenvalue weighted by Gasteiger charge is 2.07. The molecule has 0 aliphatic heterocycles. The van der Waals surface area contributed by atoms with E-state index in [2.05, 4.69) is 36.5 Å². The summed E-state index contributed by atoms with van der Waals surface area (Å²) in [5.74, 6) is 1.99. The van der Waals surface area contributed by atoms with Gasteiger partial charge in [-0.2, -0.15) is 5.10 Å². The van der Waals surface area contributed by atoms with Gasteiger partial charge in [0.2, 0.25) is 5.91 Å². The lowest BCUT2D eigenvalue weighted by Gasteiger charge is -2.11. The highest BCUT2D eigenvalue weighted by atomic mass is 16.5. The second-order valence-electron chi connectivity index (χ2n) is 8.13. The molecule has 3 rings (SSSR count). The third-order valence-corrected chi connectivity index (χ3v) is 5.47. The molecule has 0 fully saturated rings. The summed E-state index contributed by atoms with van der Waals surface area (Å²) in [6.45, 7) is 4.56. The van der Waals surface area contributed by atoms with Gasteiger partial charge in [-0.25, -0.2) is 5.43 Å². The molecule has 0 heterocycles. The van der Waals surface area contributed by atoms with Crippen molar-refractivity contribution in [2.75, 3.05) is 14.2 Å². The van der Waals surface area contributed by atoms with Gasteiger partial charge in [-0.1, -0.05) is 35.9 Å². The van der Waals surface area contributed by atoms with Gasteiger partial charge in [-0.15, -0.1) is 0 Å². The number of carbonyl (C=O) groups is 1. The SMILES string of the molecule is COc1ccc(CCCC(=O)N/N=C\c2ccc(OCc3cccc(C)c3)c(OC)c2)c(C)c1. The number of nitrogens with zero attached hydrogens (tertiary/aromatic N) is 1. The molecule has 0 aliphatic carbocycles. The number of benzene rings is 3. The smallest absolute Gasteiger partial charge is 0.240 e. The molecule has 0 aliphatic rings. The first kappa shape index (κ1) is 24.8. The number of aryl methyl sites for hydroxylation is 3. The van der Waals surface area contributed by atoms with E-state index in [1.807, 2.05) is 48.5 Å². The van der Waals surface area contributed by atoms with Crippen molar-refractivity contribution in [3.63, 3.8) is 0 Å². The number of nitrogens with one attached hydrogen (secondary N) is 1. The van der Waals surface area contributed by atoms with E-state index >= 15 is 0 Å². The van der Waals surface area contributed by atoms with Crippen LogP contribution in [0.15, 0.2) is 65.8 Å². The summed E-state index contributed by atoms with van der Waals surface area (Å²) in [6, 6.07) is 19.7. The fourth-order valence-corrected chi connectivity index (χ4v) is 3.60. The largest absolute Gasteiger partial charge is 0.497 e. The molecule has 0 radical (unpaired) electrons. The lowest BCUT2D eigenvalue weighted by molar-refractivity contribution is -0.121. The topological polar surface area (TPSA) is 69.2 Å². The molecule has 6 nitrogen and oxygen atoms in total. The van der Waals surface area contributed by atoms with E-state index in [0.717, 1.165) is 35.3 Å². The van der Waals surface area contributed by atoms with Crippen molar-refractivity contribution in [2.45, 2.75) is 39.7 Å². The molecule has 0 atom stereocenters. The fraction of sp³-hybridized carbons (Fsp3) is 0.286. The fourth-order valence-electron chi connectivity index (χ4n) is 3.60. The van der Waals surface area contributed by atoms with Crippen LogP contribution in [0, 0.1) is 13.8 Å². The quantitative estimate of drug-likeness (QED) is 0.308.